The smallest absolute Gasteiger partial charge is 0.274 e. The minimum atomic E-state index is -0.190. The standard InChI is InChI=1S/C17H14N2O/c1-12-6-4-11-16(18-12)17(20)19-15-10-5-8-13-7-2-3-9-14(13)15/h2-11H,1H3,(H,19,20). The number of rotatable bonds is 2. The molecule has 2 aromatic carbocycles. The molecule has 0 fully saturated rings. The minimum absolute atomic E-state index is 0.190. The molecule has 0 aliphatic rings. The SMILES string of the molecule is Cc1cccc(C(=O)Nc2cccc3ccccc23)n1. The van der Waals surface area contributed by atoms with Gasteiger partial charge in [0.05, 0.1) is 0 Å². The molecule has 0 unspecified atom stereocenters. The number of fused-ring (bicyclic) bond motifs is 1. The van der Waals surface area contributed by atoms with E-state index in [-0.39, 0.29) is 5.91 Å². The Bertz CT molecular complexity index is 775. The summed E-state index contributed by atoms with van der Waals surface area (Å²) >= 11 is 0. The van der Waals surface area contributed by atoms with Crippen LogP contribution in [-0.2, 0) is 0 Å². The fraction of sp³-hybridized carbons (Fsp3) is 0.0588. The molecule has 98 valence electrons. The van der Waals surface area contributed by atoms with E-state index in [1.807, 2.05) is 61.5 Å². The summed E-state index contributed by atoms with van der Waals surface area (Å²) in [6.45, 7) is 1.87. The van der Waals surface area contributed by atoms with Crippen molar-refractivity contribution < 1.29 is 4.79 Å². The summed E-state index contributed by atoms with van der Waals surface area (Å²) in [6, 6.07) is 19.2. The van der Waals surface area contributed by atoms with E-state index in [1.165, 1.54) is 0 Å². The number of pyridine rings is 1. The second kappa shape index (κ2) is 5.13. The summed E-state index contributed by atoms with van der Waals surface area (Å²) in [5, 5.41) is 5.05. The minimum Gasteiger partial charge on any atom is -0.320 e. The maximum Gasteiger partial charge on any atom is 0.274 e. The van der Waals surface area contributed by atoms with Crippen molar-refractivity contribution >= 4 is 22.4 Å². The van der Waals surface area contributed by atoms with Gasteiger partial charge >= 0.3 is 0 Å². The van der Waals surface area contributed by atoms with Crippen molar-refractivity contribution in [1.82, 2.24) is 4.98 Å². The van der Waals surface area contributed by atoms with Crippen molar-refractivity contribution in [2.24, 2.45) is 0 Å². The number of carbonyl (C=O) groups excluding carboxylic acids is 1. The average Bonchev–Trinajstić information content (AvgIpc) is 2.47. The molecule has 1 N–H and O–H groups in total. The molecule has 1 aromatic heterocycles. The first-order valence-corrected chi connectivity index (χ1v) is 6.47. The molecule has 3 nitrogen and oxygen atoms in total. The van der Waals surface area contributed by atoms with E-state index in [9.17, 15) is 4.79 Å². The Morgan fingerprint density at radius 2 is 1.70 bits per heavy atom. The van der Waals surface area contributed by atoms with Crippen LogP contribution in [0.1, 0.15) is 16.2 Å². The van der Waals surface area contributed by atoms with Gasteiger partial charge in [0.2, 0.25) is 0 Å². The number of hydrogen-bond donors (Lipinski definition) is 1. The third-order valence-electron chi connectivity index (χ3n) is 3.16. The van der Waals surface area contributed by atoms with Crippen LogP contribution in [0.3, 0.4) is 0 Å². The van der Waals surface area contributed by atoms with Crippen LogP contribution in [0.15, 0.2) is 60.7 Å². The maximum absolute atomic E-state index is 12.2. The maximum atomic E-state index is 12.2. The van der Waals surface area contributed by atoms with E-state index in [0.29, 0.717) is 5.69 Å². The molecule has 1 amide bonds. The van der Waals surface area contributed by atoms with Gasteiger partial charge in [0.25, 0.3) is 5.91 Å². The first kappa shape index (κ1) is 12.4. The van der Waals surface area contributed by atoms with Crippen molar-refractivity contribution in [3.63, 3.8) is 0 Å². The first-order valence-electron chi connectivity index (χ1n) is 6.47. The van der Waals surface area contributed by atoms with E-state index in [0.717, 1.165) is 22.2 Å². The van der Waals surface area contributed by atoms with Gasteiger partial charge in [-0.1, -0.05) is 42.5 Å². The number of nitrogens with zero attached hydrogens (tertiary/aromatic N) is 1. The molecule has 3 rings (SSSR count). The Morgan fingerprint density at radius 3 is 2.55 bits per heavy atom. The predicted octanol–water partition coefficient (Wildman–Crippen LogP) is 3.80. The van der Waals surface area contributed by atoms with E-state index in [2.05, 4.69) is 10.3 Å². The zero-order valence-electron chi connectivity index (χ0n) is 11.1. The average molecular weight is 262 g/mol. The quantitative estimate of drug-likeness (QED) is 0.763. The van der Waals surface area contributed by atoms with Crippen LogP contribution >= 0.6 is 0 Å². The summed E-state index contributed by atoms with van der Waals surface area (Å²) in [6.07, 6.45) is 0. The summed E-state index contributed by atoms with van der Waals surface area (Å²) in [5.41, 5.74) is 2.06. The van der Waals surface area contributed by atoms with E-state index in [1.54, 1.807) is 6.07 Å². The van der Waals surface area contributed by atoms with Gasteiger partial charge in [0, 0.05) is 16.8 Å². The Morgan fingerprint density at radius 1 is 0.950 bits per heavy atom. The second-order valence-electron chi connectivity index (χ2n) is 4.65. The normalized spacial score (nSPS) is 10.4. The van der Waals surface area contributed by atoms with Gasteiger partial charge in [-0.15, -0.1) is 0 Å². The topological polar surface area (TPSA) is 42.0 Å². The third-order valence-corrected chi connectivity index (χ3v) is 3.16. The largest absolute Gasteiger partial charge is 0.320 e. The zero-order chi connectivity index (χ0) is 13.9. The van der Waals surface area contributed by atoms with Crippen molar-refractivity contribution in [3.05, 3.63) is 72.1 Å². The Kier molecular flexibility index (Phi) is 3.17. The fourth-order valence-corrected chi connectivity index (χ4v) is 2.19. The van der Waals surface area contributed by atoms with Crippen molar-refractivity contribution in [2.75, 3.05) is 5.32 Å². The van der Waals surface area contributed by atoms with Crippen LogP contribution in [0, 0.1) is 6.92 Å². The molecule has 0 radical (unpaired) electrons. The number of anilines is 1. The van der Waals surface area contributed by atoms with E-state index in [4.69, 9.17) is 0 Å². The molecule has 0 saturated heterocycles. The molecule has 20 heavy (non-hydrogen) atoms. The molecule has 0 aliphatic carbocycles. The molecule has 0 bridgehead atoms. The summed E-state index contributed by atoms with van der Waals surface area (Å²) < 4.78 is 0. The molecular formula is C17H14N2O. The number of benzene rings is 2. The molecule has 0 spiro atoms. The van der Waals surface area contributed by atoms with Crippen LogP contribution in [0.5, 0.6) is 0 Å². The zero-order valence-corrected chi connectivity index (χ0v) is 11.1. The molecular weight excluding hydrogens is 248 g/mol. The van der Waals surface area contributed by atoms with Gasteiger partial charge in [-0.2, -0.15) is 0 Å². The van der Waals surface area contributed by atoms with Gasteiger partial charge in [-0.3, -0.25) is 4.79 Å². The summed E-state index contributed by atoms with van der Waals surface area (Å²) in [5.74, 6) is -0.190. The van der Waals surface area contributed by atoms with Crippen LogP contribution in [0.25, 0.3) is 10.8 Å². The lowest BCUT2D eigenvalue weighted by atomic mass is 10.1. The highest BCUT2D eigenvalue weighted by molar-refractivity contribution is 6.08. The Labute approximate surface area is 117 Å². The number of carbonyl (C=O) groups is 1. The predicted molar refractivity (Wildman–Crippen MR) is 80.9 cm³/mol. The van der Waals surface area contributed by atoms with Gasteiger partial charge in [-0.05, 0) is 30.5 Å². The lowest BCUT2D eigenvalue weighted by Crippen LogP contribution is -2.14. The lowest BCUT2D eigenvalue weighted by Gasteiger charge is -2.08. The van der Waals surface area contributed by atoms with E-state index >= 15 is 0 Å². The molecule has 0 atom stereocenters. The van der Waals surface area contributed by atoms with Gasteiger partial charge in [-0.25, -0.2) is 4.98 Å². The van der Waals surface area contributed by atoms with Crippen molar-refractivity contribution in [2.45, 2.75) is 6.92 Å². The fourth-order valence-electron chi connectivity index (χ4n) is 2.19. The Hall–Kier alpha value is -2.68. The van der Waals surface area contributed by atoms with Crippen LogP contribution in [0.2, 0.25) is 0 Å². The third kappa shape index (κ3) is 2.38. The number of aromatic nitrogens is 1. The van der Waals surface area contributed by atoms with Crippen molar-refractivity contribution in [3.8, 4) is 0 Å². The highest BCUT2D eigenvalue weighted by atomic mass is 16.1. The van der Waals surface area contributed by atoms with E-state index < -0.39 is 0 Å². The lowest BCUT2D eigenvalue weighted by molar-refractivity contribution is 0.102. The highest BCUT2D eigenvalue weighted by Gasteiger charge is 2.09. The number of hydrogen-bond acceptors (Lipinski definition) is 2. The Balaban J connectivity index is 1.95. The molecule has 0 saturated carbocycles. The first-order chi connectivity index (χ1) is 9.74. The molecule has 0 aliphatic heterocycles. The van der Waals surface area contributed by atoms with Crippen LogP contribution in [0.4, 0.5) is 5.69 Å². The molecule has 1 heterocycles. The van der Waals surface area contributed by atoms with Crippen molar-refractivity contribution in [1.29, 1.82) is 0 Å². The summed E-state index contributed by atoms with van der Waals surface area (Å²) in [4.78, 5) is 16.5. The van der Waals surface area contributed by atoms with Gasteiger partial charge in [0.1, 0.15) is 5.69 Å². The van der Waals surface area contributed by atoms with Crippen LogP contribution in [-0.4, -0.2) is 10.9 Å². The van der Waals surface area contributed by atoms with Gasteiger partial charge < -0.3 is 5.32 Å². The highest BCUT2D eigenvalue weighted by Crippen LogP contribution is 2.23. The number of amides is 1. The van der Waals surface area contributed by atoms with Crippen LogP contribution < -0.4 is 5.32 Å². The molecule has 3 heteroatoms. The second-order valence-corrected chi connectivity index (χ2v) is 4.65. The molecule has 3 aromatic rings. The monoisotopic (exact) mass is 262 g/mol. The van der Waals surface area contributed by atoms with Gasteiger partial charge in [0.15, 0.2) is 0 Å². The number of nitrogens with one attached hydrogen (secondary N) is 1. The number of aryl methyl sites for hydroxylation is 1. The summed E-state index contributed by atoms with van der Waals surface area (Å²) in [7, 11) is 0.